The second kappa shape index (κ2) is 7.79. The summed E-state index contributed by atoms with van der Waals surface area (Å²) in [6, 6.07) is 16.1. The van der Waals surface area contributed by atoms with Crippen LogP contribution in [0.5, 0.6) is 0 Å². The van der Waals surface area contributed by atoms with Gasteiger partial charge in [-0.05, 0) is 23.8 Å². The van der Waals surface area contributed by atoms with E-state index in [0.717, 1.165) is 5.56 Å². The molecule has 0 aliphatic carbocycles. The maximum absolute atomic E-state index is 13.5. The molecule has 22 heavy (non-hydrogen) atoms. The molecule has 2 aromatic rings. The summed E-state index contributed by atoms with van der Waals surface area (Å²) >= 11 is 0. The van der Waals surface area contributed by atoms with Crippen molar-refractivity contribution in [3.63, 3.8) is 0 Å². The summed E-state index contributed by atoms with van der Waals surface area (Å²) in [5.74, 6) is 0.331. The largest absolute Gasteiger partial charge is 0.352 e. The van der Waals surface area contributed by atoms with E-state index >= 15 is 0 Å². The number of benzene rings is 2. The van der Waals surface area contributed by atoms with Gasteiger partial charge in [0, 0.05) is 25.7 Å². The molecule has 2 N–H and O–H groups in total. The minimum atomic E-state index is -0.243. The van der Waals surface area contributed by atoms with Gasteiger partial charge < -0.3 is 10.6 Å². The van der Waals surface area contributed by atoms with Crippen molar-refractivity contribution in [3.8, 4) is 6.07 Å². The average molecular weight is 296 g/mol. The predicted molar refractivity (Wildman–Crippen MR) is 84.6 cm³/mol. The van der Waals surface area contributed by atoms with Gasteiger partial charge in [0.1, 0.15) is 5.82 Å². The van der Waals surface area contributed by atoms with Gasteiger partial charge in [0.15, 0.2) is 5.96 Å². The first-order valence-corrected chi connectivity index (χ1v) is 6.90. The van der Waals surface area contributed by atoms with Gasteiger partial charge in [-0.3, -0.25) is 4.99 Å². The first kappa shape index (κ1) is 15.5. The van der Waals surface area contributed by atoms with Crippen LogP contribution in [0.1, 0.15) is 16.7 Å². The van der Waals surface area contributed by atoms with Crippen LogP contribution in [0.15, 0.2) is 53.5 Å². The van der Waals surface area contributed by atoms with Crippen LogP contribution in [0.2, 0.25) is 0 Å². The summed E-state index contributed by atoms with van der Waals surface area (Å²) in [5.41, 5.74) is 2.18. The quantitative estimate of drug-likeness (QED) is 0.673. The third-order valence-electron chi connectivity index (χ3n) is 3.14. The van der Waals surface area contributed by atoms with Crippen LogP contribution in [-0.4, -0.2) is 13.0 Å². The molecule has 0 aliphatic heterocycles. The van der Waals surface area contributed by atoms with Crippen molar-refractivity contribution in [1.82, 2.24) is 10.6 Å². The van der Waals surface area contributed by atoms with Gasteiger partial charge in [-0.1, -0.05) is 30.3 Å². The lowest BCUT2D eigenvalue weighted by molar-refractivity contribution is 0.604. The summed E-state index contributed by atoms with van der Waals surface area (Å²) in [6.07, 6.45) is 0. The Morgan fingerprint density at radius 3 is 2.64 bits per heavy atom. The topological polar surface area (TPSA) is 60.2 Å². The standard InChI is InChI=1S/C17H17FN4/c1-20-17(22-12-15-7-2-3-8-16(15)18)21-11-14-6-4-5-13(9-14)10-19/h2-9H,11-12H2,1H3,(H2,20,21,22). The van der Waals surface area contributed by atoms with E-state index in [-0.39, 0.29) is 5.82 Å². The van der Waals surface area contributed by atoms with Gasteiger partial charge >= 0.3 is 0 Å². The zero-order valence-corrected chi connectivity index (χ0v) is 12.3. The molecule has 2 rings (SSSR count). The molecule has 0 aliphatic rings. The van der Waals surface area contributed by atoms with Crippen LogP contribution < -0.4 is 10.6 Å². The summed E-state index contributed by atoms with van der Waals surface area (Å²) in [7, 11) is 1.66. The van der Waals surface area contributed by atoms with Gasteiger partial charge in [0.25, 0.3) is 0 Å². The van der Waals surface area contributed by atoms with Crippen molar-refractivity contribution in [3.05, 3.63) is 71.0 Å². The SMILES string of the molecule is CN=C(NCc1cccc(C#N)c1)NCc1ccccc1F. The Balaban J connectivity index is 1.90. The lowest BCUT2D eigenvalue weighted by atomic mass is 10.1. The lowest BCUT2D eigenvalue weighted by Crippen LogP contribution is -2.36. The van der Waals surface area contributed by atoms with Crippen LogP contribution in [-0.2, 0) is 13.1 Å². The number of nitriles is 1. The third-order valence-corrected chi connectivity index (χ3v) is 3.14. The van der Waals surface area contributed by atoms with E-state index in [9.17, 15) is 4.39 Å². The van der Waals surface area contributed by atoms with E-state index in [4.69, 9.17) is 5.26 Å². The minimum absolute atomic E-state index is 0.243. The Kier molecular flexibility index (Phi) is 5.50. The van der Waals surface area contributed by atoms with Crippen molar-refractivity contribution in [2.45, 2.75) is 13.1 Å². The zero-order valence-electron chi connectivity index (χ0n) is 12.3. The normalized spacial score (nSPS) is 10.9. The molecule has 0 fully saturated rings. The lowest BCUT2D eigenvalue weighted by Gasteiger charge is -2.12. The Morgan fingerprint density at radius 2 is 1.91 bits per heavy atom. The molecule has 0 amide bonds. The summed E-state index contributed by atoms with van der Waals surface area (Å²) in [4.78, 5) is 4.10. The van der Waals surface area contributed by atoms with Crippen molar-refractivity contribution >= 4 is 5.96 Å². The molecular formula is C17H17FN4. The molecule has 0 heterocycles. The van der Waals surface area contributed by atoms with Gasteiger partial charge in [-0.25, -0.2) is 4.39 Å². The van der Waals surface area contributed by atoms with E-state index in [1.165, 1.54) is 6.07 Å². The second-order valence-electron chi connectivity index (χ2n) is 4.68. The molecule has 0 saturated heterocycles. The molecule has 0 radical (unpaired) electrons. The van der Waals surface area contributed by atoms with E-state index in [0.29, 0.717) is 30.2 Å². The molecule has 0 bridgehead atoms. The third kappa shape index (κ3) is 4.32. The zero-order chi connectivity index (χ0) is 15.8. The van der Waals surface area contributed by atoms with Crippen LogP contribution in [0.3, 0.4) is 0 Å². The number of hydrogen-bond acceptors (Lipinski definition) is 2. The van der Waals surface area contributed by atoms with Crippen LogP contribution in [0, 0.1) is 17.1 Å². The number of halogens is 1. The van der Waals surface area contributed by atoms with Crippen molar-refractivity contribution in [2.24, 2.45) is 4.99 Å². The molecule has 0 unspecified atom stereocenters. The number of nitrogens with zero attached hydrogens (tertiary/aromatic N) is 2. The molecule has 4 nitrogen and oxygen atoms in total. The monoisotopic (exact) mass is 296 g/mol. The predicted octanol–water partition coefficient (Wildman–Crippen LogP) is 2.56. The molecule has 0 spiro atoms. The summed E-state index contributed by atoms with van der Waals surface area (Å²) in [5, 5.41) is 15.1. The highest BCUT2D eigenvalue weighted by Crippen LogP contribution is 2.06. The Morgan fingerprint density at radius 1 is 1.14 bits per heavy atom. The fraction of sp³-hybridized carbons (Fsp3) is 0.176. The van der Waals surface area contributed by atoms with Crippen molar-refractivity contribution in [1.29, 1.82) is 5.26 Å². The number of aliphatic imine (C=N–C) groups is 1. The molecule has 112 valence electrons. The molecule has 0 aromatic heterocycles. The number of hydrogen-bond donors (Lipinski definition) is 2. The first-order valence-electron chi connectivity index (χ1n) is 6.90. The molecule has 0 saturated carbocycles. The number of nitrogens with one attached hydrogen (secondary N) is 2. The van der Waals surface area contributed by atoms with E-state index in [1.807, 2.05) is 18.2 Å². The van der Waals surface area contributed by atoms with Crippen LogP contribution in [0.25, 0.3) is 0 Å². The highest BCUT2D eigenvalue weighted by molar-refractivity contribution is 5.79. The molecule has 5 heteroatoms. The summed E-state index contributed by atoms with van der Waals surface area (Å²) in [6.45, 7) is 0.886. The fourth-order valence-electron chi connectivity index (χ4n) is 1.98. The van der Waals surface area contributed by atoms with Crippen LogP contribution in [0.4, 0.5) is 4.39 Å². The highest BCUT2D eigenvalue weighted by atomic mass is 19.1. The van der Waals surface area contributed by atoms with Crippen molar-refractivity contribution in [2.75, 3.05) is 7.05 Å². The van der Waals surface area contributed by atoms with Crippen LogP contribution >= 0.6 is 0 Å². The van der Waals surface area contributed by atoms with Gasteiger partial charge in [0.2, 0.25) is 0 Å². The second-order valence-corrected chi connectivity index (χ2v) is 4.68. The van der Waals surface area contributed by atoms with E-state index in [2.05, 4.69) is 21.7 Å². The maximum Gasteiger partial charge on any atom is 0.191 e. The molecular weight excluding hydrogens is 279 g/mol. The highest BCUT2D eigenvalue weighted by Gasteiger charge is 2.03. The molecule has 0 atom stereocenters. The van der Waals surface area contributed by atoms with Crippen molar-refractivity contribution < 1.29 is 4.39 Å². The van der Waals surface area contributed by atoms with Gasteiger partial charge in [0.05, 0.1) is 11.6 Å². The first-order chi connectivity index (χ1) is 10.7. The minimum Gasteiger partial charge on any atom is -0.352 e. The van der Waals surface area contributed by atoms with E-state index in [1.54, 1.807) is 31.3 Å². The van der Waals surface area contributed by atoms with Gasteiger partial charge in [-0.15, -0.1) is 0 Å². The smallest absolute Gasteiger partial charge is 0.191 e. The Labute approximate surface area is 129 Å². The Bertz CT molecular complexity index is 704. The van der Waals surface area contributed by atoms with Gasteiger partial charge in [-0.2, -0.15) is 5.26 Å². The molecule has 2 aromatic carbocycles. The maximum atomic E-state index is 13.5. The average Bonchev–Trinajstić information content (AvgIpc) is 2.56. The fourth-order valence-corrected chi connectivity index (χ4v) is 1.98. The Hall–Kier alpha value is -2.87. The number of rotatable bonds is 4. The number of guanidine groups is 1. The summed E-state index contributed by atoms with van der Waals surface area (Å²) < 4.78 is 13.5. The van der Waals surface area contributed by atoms with E-state index < -0.39 is 0 Å².